The van der Waals surface area contributed by atoms with E-state index >= 15 is 0 Å². The highest BCUT2D eigenvalue weighted by atomic mass is 16.5. The molecule has 1 amide bonds. The van der Waals surface area contributed by atoms with Crippen molar-refractivity contribution in [3.63, 3.8) is 0 Å². The molecule has 5 heteroatoms. The van der Waals surface area contributed by atoms with Gasteiger partial charge in [-0.25, -0.2) is 0 Å². The number of carbonyl (C=O) groups excluding carboxylic acids is 2. The van der Waals surface area contributed by atoms with Gasteiger partial charge in [0.15, 0.2) is 0 Å². The van der Waals surface area contributed by atoms with Crippen LogP contribution in [0.2, 0.25) is 0 Å². The molecule has 0 saturated carbocycles. The zero-order valence-corrected chi connectivity index (χ0v) is 14.3. The number of amides is 1. The van der Waals surface area contributed by atoms with Crippen LogP contribution in [0.25, 0.3) is 0 Å². The molecule has 0 aliphatic carbocycles. The zero-order chi connectivity index (χ0) is 17.9. The number of benzene rings is 2. The monoisotopic (exact) mass is 341 g/mol. The normalized spacial score (nSPS) is 10.5. The average Bonchev–Trinajstić information content (AvgIpc) is 2.67. The van der Waals surface area contributed by atoms with Gasteiger partial charge in [-0.1, -0.05) is 60.7 Å². The van der Waals surface area contributed by atoms with Gasteiger partial charge in [0.1, 0.15) is 12.7 Å². The van der Waals surface area contributed by atoms with Crippen molar-refractivity contribution in [2.75, 3.05) is 20.3 Å². The van der Waals surface area contributed by atoms with Crippen molar-refractivity contribution in [1.29, 1.82) is 0 Å². The summed E-state index contributed by atoms with van der Waals surface area (Å²) < 4.78 is 10.4. The van der Waals surface area contributed by atoms with Crippen molar-refractivity contribution in [3.8, 4) is 0 Å². The maximum atomic E-state index is 12.0. The molecule has 0 unspecified atom stereocenters. The first-order valence-electron chi connectivity index (χ1n) is 8.25. The highest BCUT2D eigenvalue weighted by Gasteiger charge is 2.16. The lowest BCUT2D eigenvalue weighted by molar-refractivity contribution is -0.140. The van der Waals surface area contributed by atoms with Crippen LogP contribution in [0.1, 0.15) is 30.1 Å². The second-order valence-electron chi connectivity index (χ2n) is 5.54. The van der Waals surface area contributed by atoms with E-state index in [-0.39, 0.29) is 31.0 Å². The second kappa shape index (κ2) is 10.3. The fourth-order valence-electron chi connectivity index (χ4n) is 2.41. The summed E-state index contributed by atoms with van der Waals surface area (Å²) >= 11 is 0. The summed E-state index contributed by atoms with van der Waals surface area (Å²) in [6, 6.07) is 19.6. The van der Waals surface area contributed by atoms with E-state index in [0.29, 0.717) is 13.0 Å². The maximum Gasteiger partial charge on any atom is 0.305 e. The van der Waals surface area contributed by atoms with Crippen LogP contribution in [0, 0.1) is 0 Å². The van der Waals surface area contributed by atoms with Gasteiger partial charge in [0.05, 0.1) is 7.11 Å². The molecule has 0 radical (unpaired) electrons. The molecule has 0 spiro atoms. The smallest absolute Gasteiger partial charge is 0.305 e. The van der Waals surface area contributed by atoms with E-state index in [1.165, 1.54) is 7.11 Å². The molecule has 0 aromatic heterocycles. The Balaban J connectivity index is 1.88. The maximum absolute atomic E-state index is 12.0. The van der Waals surface area contributed by atoms with Gasteiger partial charge in [-0.2, -0.15) is 0 Å². The summed E-state index contributed by atoms with van der Waals surface area (Å²) in [4.78, 5) is 23.0. The Morgan fingerprint density at radius 1 is 0.960 bits per heavy atom. The van der Waals surface area contributed by atoms with E-state index < -0.39 is 0 Å². The Morgan fingerprint density at radius 2 is 1.52 bits per heavy atom. The van der Waals surface area contributed by atoms with Crippen molar-refractivity contribution in [2.24, 2.45) is 0 Å². The van der Waals surface area contributed by atoms with E-state index in [9.17, 15) is 9.59 Å². The number of rotatable bonds is 9. The van der Waals surface area contributed by atoms with E-state index in [4.69, 9.17) is 4.74 Å². The van der Waals surface area contributed by atoms with Crippen LogP contribution in [-0.4, -0.2) is 32.1 Å². The van der Waals surface area contributed by atoms with Crippen LogP contribution < -0.4 is 5.32 Å². The summed E-state index contributed by atoms with van der Waals surface area (Å²) in [5.41, 5.74) is 1.99. The molecule has 0 bridgehead atoms. The molecule has 25 heavy (non-hydrogen) atoms. The molecule has 0 heterocycles. The largest absolute Gasteiger partial charge is 0.469 e. The van der Waals surface area contributed by atoms with Crippen molar-refractivity contribution in [2.45, 2.75) is 18.9 Å². The topological polar surface area (TPSA) is 64.6 Å². The Hall–Kier alpha value is -2.66. The molecule has 2 aromatic rings. The number of carbonyl (C=O) groups is 2. The summed E-state index contributed by atoms with van der Waals surface area (Å²) in [5.74, 6) is -0.486. The van der Waals surface area contributed by atoms with Gasteiger partial charge < -0.3 is 14.8 Å². The molecular weight excluding hydrogens is 318 g/mol. The van der Waals surface area contributed by atoms with Gasteiger partial charge in [-0.05, 0) is 17.5 Å². The van der Waals surface area contributed by atoms with Crippen LogP contribution in [0.4, 0.5) is 0 Å². The summed E-state index contributed by atoms with van der Waals surface area (Å²) in [6.45, 7) is 0.366. The van der Waals surface area contributed by atoms with Crippen LogP contribution in [0.3, 0.4) is 0 Å². The first-order valence-corrected chi connectivity index (χ1v) is 8.25. The minimum atomic E-state index is -0.303. The third-order valence-corrected chi connectivity index (χ3v) is 3.69. The first-order chi connectivity index (χ1) is 12.2. The van der Waals surface area contributed by atoms with E-state index in [1.807, 2.05) is 60.7 Å². The standard InChI is InChI=1S/C20H23NO4/c1-24-19(23)13-8-14-21-18(22)15-25-20(16-9-4-2-5-10-16)17-11-6-3-7-12-17/h2-7,9-12,20H,8,13-15H2,1H3,(H,21,22). The molecule has 132 valence electrons. The molecule has 5 nitrogen and oxygen atoms in total. The van der Waals surface area contributed by atoms with Crippen molar-refractivity contribution in [1.82, 2.24) is 5.32 Å². The number of hydrogen-bond donors (Lipinski definition) is 1. The lowest BCUT2D eigenvalue weighted by atomic mass is 10.0. The van der Waals surface area contributed by atoms with Gasteiger partial charge in [0, 0.05) is 13.0 Å². The SMILES string of the molecule is COC(=O)CCCNC(=O)COC(c1ccccc1)c1ccccc1. The Labute approximate surface area is 148 Å². The zero-order valence-electron chi connectivity index (χ0n) is 14.3. The fourth-order valence-corrected chi connectivity index (χ4v) is 2.41. The van der Waals surface area contributed by atoms with Crippen molar-refractivity contribution < 1.29 is 19.1 Å². The lowest BCUT2D eigenvalue weighted by Gasteiger charge is -2.18. The number of ether oxygens (including phenoxy) is 2. The fraction of sp³-hybridized carbons (Fsp3) is 0.300. The third-order valence-electron chi connectivity index (χ3n) is 3.69. The third kappa shape index (κ3) is 6.39. The molecule has 0 saturated heterocycles. The first kappa shape index (κ1) is 18.7. The van der Waals surface area contributed by atoms with Gasteiger partial charge in [-0.3, -0.25) is 9.59 Å². The summed E-state index contributed by atoms with van der Waals surface area (Å²) in [5, 5.41) is 2.75. The average molecular weight is 341 g/mol. The van der Waals surface area contributed by atoms with Crippen LogP contribution in [0.15, 0.2) is 60.7 Å². The molecule has 0 atom stereocenters. The number of hydrogen-bond acceptors (Lipinski definition) is 4. The van der Waals surface area contributed by atoms with E-state index in [2.05, 4.69) is 10.1 Å². The lowest BCUT2D eigenvalue weighted by Crippen LogP contribution is -2.29. The summed E-state index contributed by atoms with van der Waals surface area (Å²) in [6.07, 6.45) is 0.524. The molecule has 2 rings (SSSR count). The molecule has 1 N–H and O–H groups in total. The Bertz CT molecular complexity index is 618. The minimum Gasteiger partial charge on any atom is -0.469 e. The van der Waals surface area contributed by atoms with Gasteiger partial charge in [0.25, 0.3) is 0 Å². The van der Waals surface area contributed by atoms with Gasteiger partial charge in [0.2, 0.25) is 5.91 Å². The van der Waals surface area contributed by atoms with Crippen LogP contribution >= 0.6 is 0 Å². The number of methoxy groups -OCH3 is 1. The Kier molecular flexibility index (Phi) is 7.66. The highest BCUT2D eigenvalue weighted by Crippen LogP contribution is 2.25. The van der Waals surface area contributed by atoms with E-state index in [1.54, 1.807) is 0 Å². The van der Waals surface area contributed by atoms with Crippen molar-refractivity contribution >= 4 is 11.9 Å². The summed E-state index contributed by atoms with van der Waals surface area (Å²) in [7, 11) is 1.35. The van der Waals surface area contributed by atoms with Crippen LogP contribution in [0.5, 0.6) is 0 Å². The van der Waals surface area contributed by atoms with Crippen LogP contribution in [-0.2, 0) is 19.1 Å². The highest BCUT2D eigenvalue weighted by molar-refractivity contribution is 5.77. The molecule has 0 fully saturated rings. The van der Waals surface area contributed by atoms with Gasteiger partial charge >= 0.3 is 5.97 Å². The van der Waals surface area contributed by atoms with E-state index in [0.717, 1.165) is 11.1 Å². The molecule has 0 aliphatic rings. The minimum absolute atomic E-state index is 0.0489. The Morgan fingerprint density at radius 3 is 2.04 bits per heavy atom. The predicted octanol–water partition coefficient (Wildman–Crippen LogP) is 2.86. The van der Waals surface area contributed by atoms with Gasteiger partial charge in [-0.15, -0.1) is 0 Å². The number of nitrogens with one attached hydrogen (secondary N) is 1. The molecular formula is C20H23NO4. The molecule has 0 aliphatic heterocycles. The second-order valence-corrected chi connectivity index (χ2v) is 5.54. The predicted molar refractivity (Wildman–Crippen MR) is 94.9 cm³/mol. The van der Waals surface area contributed by atoms with Crippen molar-refractivity contribution in [3.05, 3.63) is 71.8 Å². The molecule has 2 aromatic carbocycles. The number of esters is 1. The quantitative estimate of drug-likeness (QED) is 0.563.